The van der Waals surface area contributed by atoms with Crippen LogP contribution >= 0.6 is 0 Å². The second kappa shape index (κ2) is 8.74. The molecule has 162 valence electrons. The summed E-state index contributed by atoms with van der Waals surface area (Å²) >= 11 is 0. The highest BCUT2D eigenvalue weighted by atomic mass is 16.6. The molecular weight excluding hydrogens is 390 g/mol. The molecule has 5 nitrogen and oxygen atoms in total. The van der Waals surface area contributed by atoms with Crippen molar-refractivity contribution in [3.63, 3.8) is 0 Å². The Morgan fingerprint density at radius 2 is 1.52 bits per heavy atom. The molecule has 0 aliphatic heterocycles. The lowest BCUT2D eigenvalue weighted by molar-refractivity contribution is -0.151. The predicted molar refractivity (Wildman–Crippen MR) is 118 cm³/mol. The van der Waals surface area contributed by atoms with Gasteiger partial charge in [-0.2, -0.15) is 0 Å². The predicted octanol–water partition coefficient (Wildman–Crippen LogP) is 5.18. The number of carbonyl (C=O) groups is 2. The molecule has 0 unspecified atom stereocenters. The molecule has 0 spiro atoms. The second-order valence-electron chi connectivity index (χ2n) is 9.04. The molecule has 0 heterocycles. The van der Waals surface area contributed by atoms with Crippen molar-refractivity contribution < 1.29 is 19.1 Å². The highest BCUT2D eigenvalue weighted by molar-refractivity contribution is 5.82. The Morgan fingerprint density at radius 1 is 0.903 bits per heavy atom. The van der Waals surface area contributed by atoms with E-state index in [1.54, 1.807) is 0 Å². The lowest BCUT2D eigenvalue weighted by Gasteiger charge is -2.21. The van der Waals surface area contributed by atoms with Gasteiger partial charge in [0.15, 0.2) is 0 Å². The van der Waals surface area contributed by atoms with E-state index >= 15 is 0 Å². The summed E-state index contributed by atoms with van der Waals surface area (Å²) in [6.07, 6.45) is 6.36. The van der Waals surface area contributed by atoms with Crippen LogP contribution in [0.3, 0.4) is 0 Å². The standard InChI is InChI=1S/C26H29NO4/c28-25(31-18-7-1-2-8-18)24(15-17-13-14-17)27-26(29)30-16-23-21-11-5-3-9-19(21)20-10-4-6-12-22(20)23/h3-6,9-12,17-18,23-24H,1-2,7-8,13-16H2,(H,27,29)/t24-/m1/s1. The molecule has 2 fully saturated rings. The molecule has 1 atom stereocenters. The van der Waals surface area contributed by atoms with Gasteiger partial charge in [0.2, 0.25) is 0 Å². The number of ether oxygens (including phenoxy) is 2. The van der Waals surface area contributed by atoms with Gasteiger partial charge in [0, 0.05) is 5.92 Å². The zero-order chi connectivity index (χ0) is 21.2. The van der Waals surface area contributed by atoms with E-state index in [1.807, 2.05) is 24.3 Å². The van der Waals surface area contributed by atoms with Gasteiger partial charge < -0.3 is 14.8 Å². The summed E-state index contributed by atoms with van der Waals surface area (Å²) in [4.78, 5) is 25.3. The van der Waals surface area contributed by atoms with Crippen molar-refractivity contribution >= 4 is 12.1 Å². The number of hydrogen-bond acceptors (Lipinski definition) is 4. The Balaban J connectivity index is 1.22. The minimum Gasteiger partial charge on any atom is -0.461 e. The van der Waals surface area contributed by atoms with E-state index in [2.05, 4.69) is 29.6 Å². The molecule has 3 aliphatic rings. The van der Waals surface area contributed by atoms with Crippen molar-refractivity contribution in [3.05, 3.63) is 59.7 Å². The van der Waals surface area contributed by atoms with Crippen LogP contribution in [0.4, 0.5) is 4.79 Å². The number of benzene rings is 2. The average Bonchev–Trinajstić information content (AvgIpc) is 3.35. The third-order valence-electron chi connectivity index (χ3n) is 6.77. The van der Waals surface area contributed by atoms with Crippen molar-refractivity contribution in [2.75, 3.05) is 6.61 Å². The van der Waals surface area contributed by atoms with E-state index in [1.165, 1.54) is 22.3 Å². The van der Waals surface area contributed by atoms with E-state index < -0.39 is 12.1 Å². The van der Waals surface area contributed by atoms with Gasteiger partial charge in [0.05, 0.1) is 0 Å². The zero-order valence-corrected chi connectivity index (χ0v) is 17.7. The second-order valence-corrected chi connectivity index (χ2v) is 9.04. The third-order valence-corrected chi connectivity index (χ3v) is 6.77. The average molecular weight is 420 g/mol. The van der Waals surface area contributed by atoms with Crippen molar-refractivity contribution in [1.82, 2.24) is 5.32 Å². The van der Waals surface area contributed by atoms with E-state index in [4.69, 9.17) is 9.47 Å². The van der Waals surface area contributed by atoms with Crippen LogP contribution in [0.5, 0.6) is 0 Å². The Hall–Kier alpha value is -2.82. The molecular formula is C26H29NO4. The van der Waals surface area contributed by atoms with Gasteiger partial charge in [-0.1, -0.05) is 61.4 Å². The van der Waals surface area contributed by atoms with Crippen LogP contribution < -0.4 is 5.32 Å². The Kier molecular flexibility index (Phi) is 5.66. The van der Waals surface area contributed by atoms with Crippen molar-refractivity contribution in [2.45, 2.75) is 63.0 Å². The van der Waals surface area contributed by atoms with E-state index in [0.717, 1.165) is 38.5 Å². The lowest BCUT2D eigenvalue weighted by atomic mass is 9.98. The highest BCUT2D eigenvalue weighted by Crippen LogP contribution is 2.44. The maximum absolute atomic E-state index is 12.7. The first-order valence-electron chi connectivity index (χ1n) is 11.5. The number of alkyl carbamates (subject to hydrolysis) is 1. The van der Waals surface area contributed by atoms with E-state index in [0.29, 0.717) is 12.3 Å². The van der Waals surface area contributed by atoms with E-state index in [9.17, 15) is 9.59 Å². The first-order chi connectivity index (χ1) is 15.2. The lowest BCUT2D eigenvalue weighted by Crippen LogP contribution is -2.43. The van der Waals surface area contributed by atoms with Crippen molar-refractivity contribution in [3.8, 4) is 11.1 Å². The number of esters is 1. The molecule has 2 aromatic carbocycles. The molecule has 3 aliphatic carbocycles. The minimum atomic E-state index is -0.622. The van der Waals surface area contributed by atoms with Crippen LogP contribution in [0.1, 0.15) is 62.0 Å². The van der Waals surface area contributed by atoms with Gasteiger partial charge in [0.25, 0.3) is 0 Å². The third kappa shape index (κ3) is 4.46. The summed E-state index contributed by atoms with van der Waals surface area (Å²) in [5.74, 6) is 0.188. The minimum absolute atomic E-state index is 0.00137. The van der Waals surface area contributed by atoms with E-state index in [-0.39, 0.29) is 24.6 Å². The highest BCUT2D eigenvalue weighted by Gasteiger charge is 2.34. The molecule has 0 bridgehead atoms. The van der Waals surface area contributed by atoms with Crippen LogP contribution in [0.15, 0.2) is 48.5 Å². The van der Waals surface area contributed by atoms with Gasteiger partial charge in [-0.15, -0.1) is 0 Å². The topological polar surface area (TPSA) is 64.6 Å². The number of fused-ring (bicyclic) bond motifs is 3. The summed E-state index contributed by atoms with van der Waals surface area (Å²) in [7, 11) is 0. The molecule has 5 rings (SSSR count). The maximum Gasteiger partial charge on any atom is 0.407 e. The fourth-order valence-corrected chi connectivity index (χ4v) is 4.94. The number of carbonyl (C=O) groups excluding carboxylic acids is 2. The van der Waals surface area contributed by atoms with Crippen LogP contribution in [0, 0.1) is 5.92 Å². The molecule has 0 saturated heterocycles. The molecule has 1 amide bonds. The molecule has 1 N–H and O–H groups in total. The Labute approximate surface area is 183 Å². The van der Waals surface area contributed by atoms with Crippen LogP contribution in [0.25, 0.3) is 11.1 Å². The van der Waals surface area contributed by atoms with Gasteiger partial charge in [-0.3, -0.25) is 0 Å². The summed E-state index contributed by atoms with van der Waals surface area (Å²) in [5.41, 5.74) is 4.73. The van der Waals surface area contributed by atoms with Crippen LogP contribution in [0.2, 0.25) is 0 Å². The summed E-state index contributed by atoms with van der Waals surface area (Å²) in [6, 6.07) is 15.9. The first kappa shape index (κ1) is 20.1. The van der Waals surface area contributed by atoms with Gasteiger partial charge in [0.1, 0.15) is 18.8 Å². The van der Waals surface area contributed by atoms with Gasteiger partial charge in [-0.05, 0) is 60.3 Å². The Bertz CT molecular complexity index is 916. The molecule has 2 saturated carbocycles. The van der Waals surface area contributed by atoms with Crippen LogP contribution in [-0.2, 0) is 14.3 Å². The number of nitrogens with one attached hydrogen (secondary N) is 1. The Morgan fingerprint density at radius 3 is 2.13 bits per heavy atom. The quantitative estimate of drug-likeness (QED) is 0.628. The monoisotopic (exact) mass is 419 g/mol. The normalized spacial score (nSPS) is 18.8. The summed E-state index contributed by atoms with van der Waals surface area (Å²) in [6.45, 7) is 0.244. The largest absolute Gasteiger partial charge is 0.461 e. The number of amides is 1. The van der Waals surface area contributed by atoms with Crippen molar-refractivity contribution in [1.29, 1.82) is 0 Å². The van der Waals surface area contributed by atoms with Gasteiger partial charge in [-0.25, -0.2) is 9.59 Å². The molecule has 0 radical (unpaired) electrons. The van der Waals surface area contributed by atoms with Crippen molar-refractivity contribution in [2.24, 2.45) is 5.92 Å². The number of rotatable bonds is 7. The zero-order valence-electron chi connectivity index (χ0n) is 17.7. The molecule has 0 aromatic heterocycles. The van der Waals surface area contributed by atoms with Gasteiger partial charge >= 0.3 is 12.1 Å². The summed E-state index contributed by atoms with van der Waals surface area (Å²) < 4.78 is 11.3. The summed E-state index contributed by atoms with van der Waals surface area (Å²) in [5, 5.41) is 2.80. The molecule has 5 heteroatoms. The fourth-order valence-electron chi connectivity index (χ4n) is 4.94. The molecule has 2 aromatic rings. The number of hydrogen-bond donors (Lipinski definition) is 1. The maximum atomic E-state index is 12.7. The smallest absolute Gasteiger partial charge is 0.407 e. The first-order valence-corrected chi connectivity index (χ1v) is 11.5. The SMILES string of the molecule is O=C(N[C@H](CC1CC1)C(=O)OC1CCCC1)OCC1c2ccccc2-c2ccccc21. The fraction of sp³-hybridized carbons (Fsp3) is 0.462. The molecule has 31 heavy (non-hydrogen) atoms. The van der Waals surface area contributed by atoms with Crippen LogP contribution in [-0.4, -0.2) is 30.8 Å².